The van der Waals surface area contributed by atoms with Crippen molar-refractivity contribution in [3.8, 4) is 5.75 Å². The van der Waals surface area contributed by atoms with E-state index in [4.69, 9.17) is 10.5 Å². The molecule has 1 aliphatic rings. The smallest absolute Gasteiger partial charge is 0.265 e. The number of hydrogen-bond acceptors (Lipinski definition) is 4. The van der Waals surface area contributed by atoms with Crippen molar-refractivity contribution in [2.24, 2.45) is 0 Å². The lowest BCUT2D eigenvalue weighted by molar-refractivity contribution is -0.121. The highest BCUT2D eigenvalue weighted by molar-refractivity contribution is 5.98. The summed E-state index contributed by atoms with van der Waals surface area (Å²) in [5, 5.41) is 2.81. The van der Waals surface area contributed by atoms with E-state index in [1.807, 2.05) is 19.9 Å². The number of carbonyl (C=O) groups is 2. The summed E-state index contributed by atoms with van der Waals surface area (Å²) >= 11 is 0. The molecule has 0 aliphatic carbocycles. The molecule has 0 spiro atoms. The van der Waals surface area contributed by atoms with Crippen LogP contribution in [-0.2, 0) is 4.79 Å². The number of anilines is 2. The van der Waals surface area contributed by atoms with Gasteiger partial charge in [0.1, 0.15) is 5.75 Å². The van der Waals surface area contributed by atoms with Crippen LogP contribution < -0.4 is 20.7 Å². The summed E-state index contributed by atoms with van der Waals surface area (Å²) in [6.07, 6.45) is 0. The van der Waals surface area contributed by atoms with E-state index < -0.39 is 0 Å². The first-order valence-corrected chi connectivity index (χ1v) is 8.31. The number of amides is 2. The second-order valence-electron chi connectivity index (χ2n) is 5.18. The van der Waals surface area contributed by atoms with Gasteiger partial charge in [-0.05, 0) is 30.3 Å². The number of hydrogen-bond donors (Lipinski definition) is 2. The summed E-state index contributed by atoms with van der Waals surface area (Å²) in [7, 11) is 0. The van der Waals surface area contributed by atoms with Gasteiger partial charge in [-0.3, -0.25) is 9.59 Å². The molecule has 1 aliphatic heterocycles. The molecule has 1 heterocycles. The molecule has 132 valence electrons. The van der Waals surface area contributed by atoms with E-state index in [9.17, 15) is 9.59 Å². The maximum absolute atomic E-state index is 12.1. The number of rotatable bonds is 4. The zero-order valence-electron chi connectivity index (χ0n) is 14.5. The van der Waals surface area contributed by atoms with Crippen molar-refractivity contribution in [1.82, 2.24) is 5.32 Å². The van der Waals surface area contributed by atoms with Gasteiger partial charge in [0.25, 0.3) is 11.8 Å². The van der Waals surface area contributed by atoms with E-state index in [1.54, 1.807) is 47.4 Å². The van der Waals surface area contributed by atoms with Crippen molar-refractivity contribution in [2.75, 3.05) is 30.3 Å². The van der Waals surface area contributed by atoms with Crippen LogP contribution in [0.15, 0.2) is 48.5 Å². The van der Waals surface area contributed by atoms with Crippen LogP contribution in [0.5, 0.6) is 5.75 Å². The molecule has 6 heteroatoms. The number of nitrogens with two attached hydrogens (primary N) is 1. The van der Waals surface area contributed by atoms with Crippen LogP contribution in [0.1, 0.15) is 24.2 Å². The molecule has 0 saturated heterocycles. The zero-order chi connectivity index (χ0) is 18.2. The first-order chi connectivity index (χ1) is 12.1. The van der Waals surface area contributed by atoms with Crippen molar-refractivity contribution in [3.05, 3.63) is 54.1 Å². The van der Waals surface area contributed by atoms with Crippen molar-refractivity contribution in [1.29, 1.82) is 0 Å². The van der Waals surface area contributed by atoms with Crippen molar-refractivity contribution < 1.29 is 14.3 Å². The van der Waals surface area contributed by atoms with Crippen molar-refractivity contribution in [3.63, 3.8) is 0 Å². The van der Waals surface area contributed by atoms with E-state index in [-0.39, 0.29) is 18.4 Å². The van der Waals surface area contributed by atoms with Crippen LogP contribution in [0.3, 0.4) is 0 Å². The molecule has 0 fully saturated rings. The van der Waals surface area contributed by atoms with E-state index in [0.29, 0.717) is 35.8 Å². The van der Waals surface area contributed by atoms with Crippen LogP contribution in [0.4, 0.5) is 11.4 Å². The van der Waals surface area contributed by atoms with Crippen LogP contribution in [0.25, 0.3) is 0 Å². The Morgan fingerprint density at radius 3 is 2.64 bits per heavy atom. The lowest BCUT2D eigenvalue weighted by Crippen LogP contribution is -2.43. The van der Waals surface area contributed by atoms with E-state index in [1.165, 1.54) is 0 Å². The number of carbonyl (C=O) groups excluding carboxylic acids is 2. The van der Waals surface area contributed by atoms with Gasteiger partial charge in [0.2, 0.25) is 0 Å². The Balaban J connectivity index is 0.00000109. The summed E-state index contributed by atoms with van der Waals surface area (Å²) < 4.78 is 5.38. The van der Waals surface area contributed by atoms with E-state index >= 15 is 0 Å². The number of ether oxygens (including phenoxy) is 1. The van der Waals surface area contributed by atoms with E-state index in [2.05, 4.69) is 5.32 Å². The second kappa shape index (κ2) is 8.73. The topological polar surface area (TPSA) is 84.7 Å². The number of benzene rings is 2. The minimum atomic E-state index is -0.167. The van der Waals surface area contributed by atoms with Crippen LogP contribution in [-0.4, -0.2) is 31.5 Å². The van der Waals surface area contributed by atoms with Gasteiger partial charge in [0.05, 0.1) is 5.69 Å². The SMILES string of the molecule is CC.Nc1ccc2c(c1)N(CCNC(=O)c1ccccc1)C(=O)CO2. The van der Waals surface area contributed by atoms with E-state index in [0.717, 1.165) is 0 Å². The maximum atomic E-state index is 12.1. The van der Waals surface area contributed by atoms with Crippen LogP contribution >= 0.6 is 0 Å². The molecule has 3 rings (SSSR count). The fourth-order valence-corrected chi connectivity index (χ4v) is 2.44. The Bertz CT molecular complexity index is 732. The van der Waals surface area contributed by atoms with Crippen molar-refractivity contribution in [2.45, 2.75) is 13.8 Å². The lowest BCUT2D eigenvalue weighted by Gasteiger charge is -2.29. The minimum Gasteiger partial charge on any atom is -0.482 e. The average molecular weight is 341 g/mol. The molecule has 25 heavy (non-hydrogen) atoms. The van der Waals surface area contributed by atoms with Gasteiger partial charge in [-0.15, -0.1) is 0 Å². The standard InChI is InChI=1S/C17H17N3O3.C2H6/c18-13-6-7-15-14(10-13)20(16(21)11-23-15)9-8-19-17(22)12-4-2-1-3-5-12;1-2/h1-7,10H,8-9,11,18H2,(H,19,22);1-2H3. The molecular formula is C19H23N3O3. The van der Waals surface area contributed by atoms with Gasteiger partial charge in [0.15, 0.2) is 6.61 Å². The highest BCUT2D eigenvalue weighted by Gasteiger charge is 2.25. The van der Waals surface area contributed by atoms with Gasteiger partial charge >= 0.3 is 0 Å². The Kier molecular flexibility index (Phi) is 6.39. The Morgan fingerprint density at radius 2 is 1.92 bits per heavy atom. The summed E-state index contributed by atoms with van der Waals surface area (Å²) in [6.45, 7) is 4.69. The third-order valence-electron chi connectivity index (χ3n) is 3.58. The Morgan fingerprint density at radius 1 is 1.20 bits per heavy atom. The molecule has 6 nitrogen and oxygen atoms in total. The first kappa shape index (κ1) is 18.3. The summed E-state index contributed by atoms with van der Waals surface area (Å²) in [5.41, 5.74) is 7.56. The molecule has 0 bridgehead atoms. The molecule has 0 saturated carbocycles. The number of nitrogens with zero attached hydrogens (tertiary/aromatic N) is 1. The number of fused-ring (bicyclic) bond motifs is 1. The van der Waals surface area contributed by atoms with Gasteiger partial charge < -0.3 is 20.7 Å². The fourth-order valence-electron chi connectivity index (χ4n) is 2.44. The third kappa shape index (κ3) is 4.50. The molecule has 3 N–H and O–H groups in total. The molecule has 2 aromatic rings. The largest absolute Gasteiger partial charge is 0.482 e. The molecule has 2 amide bonds. The average Bonchev–Trinajstić information content (AvgIpc) is 2.66. The summed E-state index contributed by atoms with van der Waals surface area (Å²) in [4.78, 5) is 25.7. The minimum absolute atomic E-state index is 0.0104. The van der Waals surface area contributed by atoms with Crippen molar-refractivity contribution >= 4 is 23.2 Å². The molecular weight excluding hydrogens is 318 g/mol. The molecule has 0 aromatic heterocycles. The highest BCUT2D eigenvalue weighted by atomic mass is 16.5. The summed E-state index contributed by atoms with van der Waals surface area (Å²) in [6, 6.07) is 14.1. The quantitative estimate of drug-likeness (QED) is 0.837. The van der Waals surface area contributed by atoms with Crippen LogP contribution in [0.2, 0.25) is 0 Å². The fraction of sp³-hybridized carbons (Fsp3) is 0.263. The Labute approximate surface area is 147 Å². The van der Waals surface area contributed by atoms with Gasteiger partial charge in [0, 0.05) is 24.3 Å². The summed E-state index contributed by atoms with van der Waals surface area (Å²) in [5.74, 6) is 0.296. The molecule has 2 aromatic carbocycles. The molecule has 0 atom stereocenters. The van der Waals surface area contributed by atoms with Gasteiger partial charge in [-0.25, -0.2) is 0 Å². The maximum Gasteiger partial charge on any atom is 0.265 e. The van der Waals surface area contributed by atoms with Gasteiger partial charge in [-0.2, -0.15) is 0 Å². The first-order valence-electron chi connectivity index (χ1n) is 8.31. The lowest BCUT2D eigenvalue weighted by atomic mass is 10.2. The Hall–Kier alpha value is -3.02. The van der Waals surface area contributed by atoms with Gasteiger partial charge in [-0.1, -0.05) is 32.0 Å². The highest BCUT2D eigenvalue weighted by Crippen LogP contribution is 2.33. The second-order valence-corrected chi connectivity index (χ2v) is 5.18. The monoisotopic (exact) mass is 341 g/mol. The van der Waals surface area contributed by atoms with Crippen LogP contribution in [0, 0.1) is 0 Å². The molecule has 0 radical (unpaired) electrons. The normalized spacial score (nSPS) is 12.4. The predicted octanol–water partition coefficient (Wildman–Crippen LogP) is 2.45. The number of nitrogen functional groups attached to an aromatic ring is 1. The predicted molar refractivity (Wildman–Crippen MR) is 98.8 cm³/mol. The molecule has 0 unspecified atom stereocenters. The third-order valence-corrected chi connectivity index (χ3v) is 3.58. The number of nitrogens with one attached hydrogen (secondary N) is 1. The zero-order valence-corrected chi connectivity index (χ0v) is 14.5.